The molecule has 9 heteroatoms. The Morgan fingerprint density at radius 3 is 2.50 bits per heavy atom. The van der Waals surface area contributed by atoms with Gasteiger partial charge in [-0.05, 0) is 49.6 Å². The van der Waals surface area contributed by atoms with Crippen LogP contribution in [0.1, 0.15) is 29.6 Å². The lowest BCUT2D eigenvalue weighted by atomic mass is 10.1. The average molecular weight is 467 g/mol. The van der Waals surface area contributed by atoms with Crippen molar-refractivity contribution in [3.05, 3.63) is 46.4 Å². The normalized spacial score (nSPS) is 14.6. The molecule has 0 atom stereocenters. The number of para-hydroxylation sites is 1. The smallest absolute Gasteiger partial charge is 0.264 e. The molecule has 0 bridgehead atoms. The number of benzene rings is 2. The second-order valence-electron chi connectivity index (χ2n) is 6.62. The van der Waals surface area contributed by atoms with Crippen LogP contribution in [0, 0.1) is 0 Å². The number of amides is 1. The fourth-order valence-corrected chi connectivity index (χ4v) is 4.84. The number of anilines is 3. The van der Waals surface area contributed by atoms with Gasteiger partial charge in [0, 0.05) is 24.6 Å². The molecule has 1 aliphatic heterocycles. The van der Waals surface area contributed by atoms with Crippen molar-refractivity contribution >= 4 is 48.9 Å². The molecule has 4 N–H and O–H groups in total. The Bertz CT molecular complexity index is 989. The van der Waals surface area contributed by atoms with Crippen LogP contribution in [0.2, 0.25) is 0 Å². The van der Waals surface area contributed by atoms with Crippen LogP contribution in [0.15, 0.2) is 45.8 Å². The molecule has 0 aromatic heterocycles. The first-order valence-corrected chi connectivity index (χ1v) is 11.3. The fourth-order valence-electron chi connectivity index (χ4n) is 3.25. The molecular weight excluding hydrogens is 444 g/mol. The first-order chi connectivity index (χ1) is 13.3. The minimum absolute atomic E-state index is 0.0457. The Balaban J connectivity index is 1.97. The van der Waals surface area contributed by atoms with E-state index in [0.717, 1.165) is 19.3 Å². The summed E-state index contributed by atoms with van der Waals surface area (Å²) in [6, 6.07) is 9.68. The van der Waals surface area contributed by atoms with Crippen LogP contribution in [-0.2, 0) is 10.0 Å². The molecule has 1 fully saturated rings. The molecule has 0 aliphatic carbocycles. The molecule has 2 aromatic carbocycles. The lowest BCUT2D eigenvalue weighted by Gasteiger charge is -2.27. The minimum atomic E-state index is -3.99. The van der Waals surface area contributed by atoms with Gasteiger partial charge >= 0.3 is 0 Å². The topological polar surface area (TPSA) is 105 Å². The van der Waals surface area contributed by atoms with Crippen LogP contribution in [0.5, 0.6) is 0 Å². The molecule has 150 valence electrons. The second-order valence-corrected chi connectivity index (χ2v) is 9.18. The maximum atomic E-state index is 13.0. The van der Waals surface area contributed by atoms with Gasteiger partial charge in [0.1, 0.15) is 4.90 Å². The summed E-state index contributed by atoms with van der Waals surface area (Å²) in [6.07, 6.45) is 3.01. The van der Waals surface area contributed by atoms with E-state index in [1.165, 1.54) is 6.07 Å². The van der Waals surface area contributed by atoms with E-state index in [4.69, 9.17) is 5.73 Å². The fraction of sp³-hybridized carbons (Fsp3) is 0.316. The van der Waals surface area contributed by atoms with Crippen LogP contribution in [0.4, 0.5) is 17.1 Å². The van der Waals surface area contributed by atoms with Crippen molar-refractivity contribution in [1.29, 1.82) is 0 Å². The molecule has 7 nitrogen and oxygen atoms in total. The highest BCUT2D eigenvalue weighted by atomic mass is 79.9. The van der Waals surface area contributed by atoms with Gasteiger partial charge in [-0.1, -0.05) is 22.0 Å². The molecule has 3 rings (SSSR count). The van der Waals surface area contributed by atoms with E-state index in [1.54, 1.807) is 42.3 Å². The van der Waals surface area contributed by atoms with Crippen molar-refractivity contribution in [2.24, 2.45) is 0 Å². The first-order valence-electron chi connectivity index (χ1n) is 9.01. The van der Waals surface area contributed by atoms with E-state index in [0.29, 0.717) is 28.8 Å². The van der Waals surface area contributed by atoms with Crippen molar-refractivity contribution in [1.82, 2.24) is 4.90 Å². The highest BCUT2D eigenvalue weighted by Gasteiger charge is 2.25. The lowest BCUT2D eigenvalue weighted by Crippen LogP contribution is -2.36. The number of nitrogens with zero attached hydrogens (tertiary/aromatic N) is 1. The number of rotatable bonds is 5. The van der Waals surface area contributed by atoms with Gasteiger partial charge in [0.05, 0.1) is 22.6 Å². The summed E-state index contributed by atoms with van der Waals surface area (Å²) in [6.45, 7) is 1.36. The summed E-state index contributed by atoms with van der Waals surface area (Å²) in [5.41, 5.74) is 7.19. The molecule has 0 unspecified atom stereocenters. The van der Waals surface area contributed by atoms with Crippen LogP contribution < -0.4 is 15.8 Å². The number of likely N-dealkylation sites (tertiary alicyclic amines) is 1. The quantitative estimate of drug-likeness (QED) is 0.584. The Labute approximate surface area is 173 Å². The third-order valence-electron chi connectivity index (χ3n) is 4.72. The lowest BCUT2D eigenvalue weighted by molar-refractivity contribution is 0.0725. The molecular formula is C19H23BrN4O3S. The molecule has 1 aliphatic rings. The van der Waals surface area contributed by atoms with Crippen molar-refractivity contribution in [2.75, 3.05) is 35.9 Å². The van der Waals surface area contributed by atoms with E-state index in [1.807, 2.05) is 0 Å². The molecule has 0 radical (unpaired) electrons. The zero-order valence-corrected chi connectivity index (χ0v) is 17.9. The van der Waals surface area contributed by atoms with Gasteiger partial charge < -0.3 is 16.0 Å². The predicted octanol–water partition coefficient (Wildman–Crippen LogP) is 3.50. The van der Waals surface area contributed by atoms with Gasteiger partial charge in [-0.2, -0.15) is 0 Å². The number of nitrogen functional groups attached to an aromatic ring is 1. The Morgan fingerprint density at radius 1 is 1.11 bits per heavy atom. The number of hydrogen-bond acceptors (Lipinski definition) is 5. The predicted molar refractivity (Wildman–Crippen MR) is 115 cm³/mol. The van der Waals surface area contributed by atoms with Gasteiger partial charge in [0.2, 0.25) is 0 Å². The highest BCUT2D eigenvalue weighted by Crippen LogP contribution is 2.30. The second kappa shape index (κ2) is 8.40. The molecule has 1 amide bonds. The van der Waals surface area contributed by atoms with E-state index in [-0.39, 0.29) is 22.2 Å². The number of piperidine rings is 1. The molecule has 2 aromatic rings. The summed E-state index contributed by atoms with van der Waals surface area (Å²) in [5.74, 6) is -0.179. The number of hydrogen-bond donors (Lipinski definition) is 3. The molecule has 1 saturated heterocycles. The highest BCUT2D eigenvalue weighted by molar-refractivity contribution is 9.10. The van der Waals surface area contributed by atoms with Gasteiger partial charge in [-0.3, -0.25) is 9.52 Å². The Hall–Kier alpha value is -2.26. The number of carbonyl (C=O) groups is 1. The molecule has 1 heterocycles. The van der Waals surface area contributed by atoms with E-state index in [9.17, 15) is 13.2 Å². The van der Waals surface area contributed by atoms with Gasteiger partial charge in [-0.25, -0.2) is 8.42 Å². The van der Waals surface area contributed by atoms with E-state index < -0.39 is 10.0 Å². The Kier molecular flexibility index (Phi) is 6.14. The van der Waals surface area contributed by atoms with Crippen LogP contribution >= 0.6 is 15.9 Å². The molecule has 0 saturated carbocycles. The molecule has 0 spiro atoms. The number of carbonyl (C=O) groups excluding carboxylic acids is 1. The van der Waals surface area contributed by atoms with E-state index in [2.05, 4.69) is 26.0 Å². The Morgan fingerprint density at radius 2 is 1.82 bits per heavy atom. The summed E-state index contributed by atoms with van der Waals surface area (Å²) < 4.78 is 29.2. The van der Waals surface area contributed by atoms with Gasteiger partial charge in [0.25, 0.3) is 15.9 Å². The van der Waals surface area contributed by atoms with Crippen LogP contribution in [0.25, 0.3) is 0 Å². The van der Waals surface area contributed by atoms with Gasteiger partial charge in [-0.15, -0.1) is 0 Å². The van der Waals surface area contributed by atoms with Crippen LogP contribution in [-0.4, -0.2) is 39.4 Å². The zero-order chi connectivity index (χ0) is 20.3. The summed E-state index contributed by atoms with van der Waals surface area (Å²) >= 11 is 3.35. The summed E-state index contributed by atoms with van der Waals surface area (Å²) in [5, 5.41) is 2.87. The third-order valence-corrected chi connectivity index (χ3v) is 6.64. The number of nitrogens with two attached hydrogens (primary N) is 1. The van der Waals surface area contributed by atoms with Gasteiger partial charge in [0.15, 0.2) is 0 Å². The first kappa shape index (κ1) is 20.5. The maximum absolute atomic E-state index is 13.0. The number of sulfonamides is 1. The number of halogens is 1. The monoisotopic (exact) mass is 466 g/mol. The summed E-state index contributed by atoms with van der Waals surface area (Å²) in [4.78, 5) is 14.7. The van der Waals surface area contributed by atoms with Crippen molar-refractivity contribution < 1.29 is 13.2 Å². The standard InChI is InChI=1S/C19H23BrN4O3S/c1-22-15-6-5-7-17(18(15)21)28(26,27)23-16-12-13(20)8-9-14(16)19(25)24-10-3-2-4-11-24/h5-9,12,22-23H,2-4,10-11,21H2,1H3. The largest absolute Gasteiger partial charge is 0.396 e. The zero-order valence-electron chi connectivity index (χ0n) is 15.5. The third kappa shape index (κ3) is 4.25. The SMILES string of the molecule is CNc1cccc(S(=O)(=O)Nc2cc(Br)ccc2C(=O)N2CCCCC2)c1N. The molecule has 28 heavy (non-hydrogen) atoms. The van der Waals surface area contributed by atoms with Crippen molar-refractivity contribution in [3.63, 3.8) is 0 Å². The number of nitrogens with one attached hydrogen (secondary N) is 2. The van der Waals surface area contributed by atoms with Crippen molar-refractivity contribution in [2.45, 2.75) is 24.2 Å². The minimum Gasteiger partial charge on any atom is -0.396 e. The summed E-state index contributed by atoms with van der Waals surface area (Å²) in [7, 11) is -2.32. The average Bonchev–Trinajstić information content (AvgIpc) is 2.68. The van der Waals surface area contributed by atoms with Crippen molar-refractivity contribution in [3.8, 4) is 0 Å². The van der Waals surface area contributed by atoms with E-state index >= 15 is 0 Å². The maximum Gasteiger partial charge on any atom is 0.264 e. The van der Waals surface area contributed by atoms with Crippen LogP contribution in [0.3, 0.4) is 0 Å².